The van der Waals surface area contributed by atoms with E-state index in [2.05, 4.69) is 10.4 Å². The van der Waals surface area contributed by atoms with Crippen LogP contribution < -0.4 is 5.32 Å². The molecule has 0 aliphatic carbocycles. The highest BCUT2D eigenvalue weighted by Gasteiger charge is 2.13. The van der Waals surface area contributed by atoms with Gasteiger partial charge in [0.05, 0.1) is 23.7 Å². The predicted molar refractivity (Wildman–Crippen MR) is 70.5 cm³/mol. The molecule has 1 rings (SSSR count). The number of nitrogens with zero attached hydrogens (tertiary/aromatic N) is 2. The molecule has 1 heterocycles. The van der Waals surface area contributed by atoms with Crippen LogP contribution in [-0.2, 0) is 16.1 Å². The van der Waals surface area contributed by atoms with Gasteiger partial charge in [0, 0.05) is 26.0 Å². The Hall–Kier alpha value is -1.07. The van der Waals surface area contributed by atoms with E-state index in [0.717, 1.165) is 6.42 Å². The van der Waals surface area contributed by atoms with Crippen LogP contribution in [0.25, 0.3) is 0 Å². The quantitative estimate of drug-likeness (QED) is 0.734. The minimum Gasteiger partial charge on any atom is -0.382 e. The zero-order chi connectivity index (χ0) is 13.4. The number of ether oxygens (including phenoxy) is 1. The van der Waals surface area contributed by atoms with Crippen molar-refractivity contribution >= 4 is 17.5 Å². The molecule has 0 aromatic carbocycles. The summed E-state index contributed by atoms with van der Waals surface area (Å²) in [5.41, 5.74) is 0. The van der Waals surface area contributed by atoms with E-state index in [0.29, 0.717) is 31.3 Å². The summed E-state index contributed by atoms with van der Waals surface area (Å²) < 4.78 is 6.87. The van der Waals surface area contributed by atoms with E-state index in [1.54, 1.807) is 17.1 Å². The average molecular weight is 274 g/mol. The molecule has 0 spiro atoms. The first-order valence-electron chi connectivity index (χ1n) is 6.17. The molecule has 0 bridgehead atoms. The van der Waals surface area contributed by atoms with E-state index in [1.165, 1.54) is 0 Å². The molecular weight excluding hydrogens is 254 g/mol. The van der Waals surface area contributed by atoms with Crippen molar-refractivity contribution in [2.75, 3.05) is 19.8 Å². The molecule has 0 saturated carbocycles. The minimum absolute atomic E-state index is 0.0260. The lowest BCUT2D eigenvalue weighted by atomic mass is 10.1. The highest BCUT2D eigenvalue weighted by Crippen LogP contribution is 2.07. The zero-order valence-corrected chi connectivity index (χ0v) is 11.6. The molecule has 1 aromatic heterocycles. The third kappa shape index (κ3) is 5.51. The summed E-state index contributed by atoms with van der Waals surface area (Å²) in [5.74, 6) is -0.105. The summed E-state index contributed by atoms with van der Waals surface area (Å²) in [6.45, 7) is 6.39. The monoisotopic (exact) mass is 273 g/mol. The molecule has 18 heavy (non-hydrogen) atoms. The number of amides is 1. The number of carbonyl (C=O) groups excluding carboxylic acids is 1. The second-order valence-electron chi connectivity index (χ2n) is 4.12. The Morgan fingerprint density at radius 1 is 1.67 bits per heavy atom. The van der Waals surface area contributed by atoms with Gasteiger partial charge in [-0.2, -0.15) is 5.10 Å². The Bertz CT molecular complexity index is 368. The lowest BCUT2D eigenvalue weighted by Gasteiger charge is -2.12. The van der Waals surface area contributed by atoms with Crippen molar-refractivity contribution in [3.63, 3.8) is 0 Å². The van der Waals surface area contributed by atoms with Crippen molar-refractivity contribution in [3.8, 4) is 0 Å². The van der Waals surface area contributed by atoms with E-state index in [9.17, 15) is 4.79 Å². The van der Waals surface area contributed by atoms with Crippen LogP contribution in [-0.4, -0.2) is 35.4 Å². The van der Waals surface area contributed by atoms with Gasteiger partial charge < -0.3 is 10.1 Å². The Kier molecular flexibility index (Phi) is 6.75. The largest absolute Gasteiger partial charge is 0.382 e. The van der Waals surface area contributed by atoms with Crippen LogP contribution in [0.4, 0.5) is 0 Å². The van der Waals surface area contributed by atoms with Gasteiger partial charge in [-0.05, 0) is 13.3 Å². The number of hydrogen-bond acceptors (Lipinski definition) is 3. The fourth-order valence-electron chi connectivity index (χ4n) is 1.51. The number of nitrogens with one attached hydrogen (secondary N) is 1. The maximum absolute atomic E-state index is 11.8. The Morgan fingerprint density at radius 3 is 3.06 bits per heavy atom. The van der Waals surface area contributed by atoms with E-state index in [1.807, 2.05) is 13.8 Å². The second-order valence-corrected chi connectivity index (χ2v) is 4.56. The van der Waals surface area contributed by atoms with Gasteiger partial charge in [0.15, 0.2) is 0 Å². The summed E-state index contributed by atoms with van der Waals surface area (Å²) in [4.78, 5) is 11.8. The summed E-state index contributed by atoms with van der Waals surface area (Å²) in [6.07, 6.45) is 4.11. The first-order chi connectivity index (χ1) is 8.63. The average Bonchev–Trinajstić information content (AvgIpc) is 2.74. The topological polar surface area (TPSA) is 56.1 Å². The number of hydrogen-bond donors (Lipinski definition) is 1. The van der Waals surface area contributed by atoms with E-state index in [4.69, 9.17) is 16.3 Å². The highest BCUT2D eigenvalue weighted by molar-refractivity contribution is 6.30. The number of rotatable bonds is 8. The normalized spacial score (nSPS) is 12.4. The molecule has 0 aliphatic rings. The van der Waals surface area contributed by atoms with Crippen LogP contribution in [0.2, 0.25) is 5.02 Å². The molecule has 1 amide bonds. The van der Waals surface area contributed by atoms with Gasteiger partial charge in [-0.1, -0.05) is 18.5 Å². The molecule has 5 nitrogen and oxygen atoms in total. The van der Waals surface area contributed by atoms with Crippen LogP contribution in [0.1, 0.15) is 20.3 Å². The molecule has 102 valence electrons. The molecule has 1 aromatic rings. The molecule has 0 radical (unpaired) electrons. The van der Waals surface area contributed by atoms with Crippen LogP contribution in [0.15, 0.2) is 12.4 Å². The van der Waals surface area contributed by atoms with Gasteiger partial charge in [-0.15, -0.1) is 0 Å². The number of halogens is 1. The number of aromatic nitrogens is 2. The van der Waals surface area contributed by atoms with Crippen molar-refractivity contribution < 1.29 is 9.53 Å². The summed E-state index contributed by atoms with van der Waals surface area (Å²) in [7, 11) is 0. The lowest BCUT2D eigenvalue weighted by Crippen LogP contribution is -2.32. The fourth-order valence-corrected chi connectivity index (χ4v) is 1.66. The molecule has 6 heteroatoms. The summed E-state index contributed by atoms with van der Waals surface area (Å²) in [5, 5.41) is 7.50. The minimum atomic E-state index is -0.131. The van der Waals surface area contributed by atoms with Crippen LogP contribution >= 0.6 is 11.6 Å². The van der Waals surface area contributed by atoms with Crippen LogP contribution in [0.3, 0.4) is 0 Å². The SMILES string of the molecule is CCOCCCNC(=O)[C@H](C)Cn1cc(Cl)cn1. The maximum Gasteiger partial charge on any atom is 0.224 e. The van der Waals surface area contributed by atoms with Gasteiger partial charge in [-0.25, -0.2) is 0 Å². The van der Waals surface area contributed by atoms with Crippen molar-refractivity contribution in [2.24, 2.45) is 5.92 Å². The molecule has 1 atom stereocenters. The van der Waals surface area contributed by atoms with Gasteiger partial charge in [0.25, 0.3) is 0 Å². The van der Waals surface area contributed by atoms with E-state index >= 15 is 0 Å². The molecular formula is C12H20ClN3O2. The molecule has 1 N–H and O–H groups in total. The summed E-state index contributed by atoms with van der Waals surface area (Å²) >= 11 is 5.76. The van der Waals surface area contributed by atoms with Gasteiger partial charge in [0.1, 0.15) is 0 Å². The second kappa shape index (κ2) is 8.11. The van der Waals surface area contributed by atoms with Crippen LogP contribution in [0, 0.1) is 5.92 Å². The van der Waals surface area contributed by atoms with E-state index in [-0.39, 0.29) is 11.8 Å². The van der Waals surface area contributed by atoms with Crippen molar-refractivity contribution in [2.45, 2.75) is 26.8 Å². The van der Waals surface area contributed by atoms with Gasteiger partial charge in [-0.3, -0.25) is 9.48 Å². The number of carbonyl (C=O) groups is 1. The van der Waals surface area contributed by atoms with Crippen LogP contribution in [0.5, 0.6) is 0 Å². The van der Waals surface area contributed by atoms with Crippen molar-refractivity contribution in [1.82, 2.24) is 15.1 Å². The maximum atomic E-state index is 11.8. The summed E-state index contributed by atoms with van der Waals surface area (Å²) in [6, 6.07) is 0. The zero-order valence-electron chi connectivity index (χ0n) is 10.9. The molecule has 0 aliphatic heterocycles. The molecule has 0 fully saturated rings. The van der Waals surface area contributed by atoms with Gasteiger partial charge >= 0.3 is 0 Å². The first kappa shape index (κ1) is 15.0. The Labute approximate surface area is 112 Å². The predicted octanol–water partition coefficient (Wildman–Crippen LogP) is 1.72. The highest BCUT2D eigenvalue weighted by atomic mass is 35.5. The van der Waals surface area contributed by atoms with Crippen molar-refractivity contribution in [1.29, 1.82) is 0 Å². The van der Waals surface area contributed by atoms with E-state index < -0.39 is 0 Å². The smallest absolute Gasteiger partial charge is 0.224 e. The molecule has 0 saturated heterocycles. The fraction of sp³-hybridized carbons (Fsp3) is 0.667. The van der Waals surface area contributed by atoms with Crippen molar-refractivity contribution in [3.05, 3.63) is 17.4 Å². The Morgan fingerprint density at radius 2 is 2.44 bits per heavy atom. The Balaban J connectivity index is 2.20. The third-order valence-electron chi connectivity index (χ3n) is 2.48. The lowest BCUT2D eigenvalue weighted by molar-refractivity contribution is -0.125. The molecule has 0 unspecified atom stereocenters. The first-order valence-corrected chi connectivity index (χ1v) is 6.54. The standard InChI is InChI=1S/C12H20ClN3O2/c1-3-18-6-4-5-14-12(17)10(2)8-16-9-11(13)7-15-16/h7,9-10H,3-6,8H2,1-2H3,(H,14,17)/t10-/m1/s1. The third-order valence-corrected chi connectivity index (χ3v) is 2.67. The van der Waals surface area contributed by atoms with Gasteiger partial charge in [0.2, 0.25) is 5.91 Å².